The number of aromatic nitrogens is 2. The normalized spacial score (nSPS) is 19.3. The molecule has 0 aliphatic carbocycles. The highest BCUT2D eigenvalue weighted by atomic mass is 79.9. The standard InChI is InChI=1S/C35H35BrFN5O5/c36-25-8-4-7-24(19-25)32(43)41-16-13-28(29(20-41)23-5-2-1-3-6-23)33(44)40-17-14-35(46,15-18-40)21-42-22-39-31(30(38)34(42)45)47-27-11-9-26(37)10-12-27/h1-12,19,22,28-29,46H,13-18,20-21,38H2/t28-,29+/m1/s1. The van der Waals surface area contributed by atoms with Crippen molar-refractivity contribution in [3.05, 3.63) is 117 Å². The number of carbonyl (C=O) groups is 2. The van der Waals surface area contributed by atoms with Crippen molar-refractivity contribution in [1.29, 1.82) is 0 Å². The fraction of sp³-hybridized carbons (Fsp3) is 0.314. The fourth-order valence-electron chi connectivity index (χ4n) is 6.43. The molecule has 3 heterocycles. The minimum Gasteiger partial charge on any atom is -0.437 e. The van der Waals surface area contributed by atoms with Gasteiger partial charge in [0, 0.05) is 48.1 Å². The molecule has 0 spiro atoms. The number of ether oxygens (including phenoxy) is 1. The Hall–Kier alpha value is -4.55. The van der Waals surface area contributed by atoms with Crippen LogP contribution in [0.1, 0.15) is 41.1 Å². The lowest BCUT2D eigenvalue weighted by Crippen LogP contribution is -2.53. The number of nitrogen functional groups attached to an aromatic ring is 1. The van der Waals surface area contributed by atoms with Crippen molar-refractivity contribution in [3.63, 3.8) is 0 Å². The molecule has 2 amide bonds. The zero-order chi connectivity index (χ0) is 33.1. The van der Waals surface area contributed by atoms with E-state index in [9.17, 15) is 23.9 Å². The van der Waals surface area contributed by atoms with E-state index in [2.05, 4.69) is 20.9 Å². The van der Waals surface area contributed by atoms with Crippen molar-refractivity contribution in [1.82, 2.24) is 19.4 Å². The van der Waals surface area contributed by atoms with Crippen LogP contribution in [0.4, 0.5) is 10.1 Å². The van der Waals surface area contributed by atoms with Crippen molar-refractivity contribution in [2.45, 2.75) is 37.3 Å². The average Bonchev–Trinajstić information content (AvgIpc) is 3.09. The smallest absolute Gasteiger partial charge is 0.280 e. The molecule has 6 rings (SSSR count). The van der Waals surface area contributed by atoms with E-state index in [1.165, 1.54) is 35.2 Å². The number of nitrogens with two attached hydrogens (primary N) is 1. The van der Waals surface area contributed by atoms with Crippen LogP contribution in [-0.4, -0.2) is 68.1 Å². The molecule has 0 unspecified atom stereocenters. The molecule has 2 aliphatic rings. The van der Waals surface area contributed by atoms with Crippen molar-refractivity contribution >= 4 is 33.4 Å². The number of benzene rings is 3. The second kappa shape index (κ2) is 13.7. The fourth-order valence-corrected chi connectivity index (χ4v) is 6.82. The maximum Gasteiger partial charge on any atom is 0.280 e. The molecular formula is C35H35BrFN5O5. The first-order chi connectivity index (χ1) is 22.6. The van der Waals surface area contributed by atoms with Gasteiger partial charge >= 0.3 is 0 Å². The first-order valence-electron chi connectivity index (χ1n) is 15.5. The predicted octanol–water partition coefficient (Wildman–Crippen LogP) is 4.82. The minimum absolute atomic E-state index is 0.000769. The lowest BCUT2D eigenvalue weighted by Gasteiger charge is -2.43. The van der Waals surface area contributed by atoms with Crippen molar-refractivity contribution < 1.29 is 23.8 Å². The molecular weight excluding hydrogens is 669 g/mol. The molecule has 10 nitrogen and oxygen atoms in total. The van der Waals surface area contributed by atoms with Gasteiger partial charge in [0.15, 0.2) is 5.69 Å². The number of likely N-dealkylation sites (tertiary alicyclic amines) is 2. The molecule has 1 aromatic heterocycles. The van der Waals surface area contributed by atoms with Gasteiger partial charge in [-0.3, -0.25) is 19.0 Å². The van der Waals surface area contributed by atoms with E-state index < -0.39 is 17.0 Å². The molecule has 12 heteroatoms. The molecule has 0 bridgehead atoms. The van der Waals surface area contributed by atoms with E-state index in [1.807, 2.05) is 47.4 Å². The largest absolute Gasteiger partial charge is 0.437 e. The number of nitrogens with zero attached hydrogens (tertiary/aromatic N) is 4. The van der Waals surface area contributed by atoms with Crippen molar-refractivity contribution in [2.24, 2.45) is 5.92 Å². The summed E-state index contributed by atoms with van der Waals surface area (Å²) in [7, 11) is 0. The van der Waals surface area contributed by atoms with Crippen LogP contribution in [0.25, 0.3) is 0 Å². The summed E-state index contributed by atoms with van der Waals surface area (Å²) in [4.78, 5) is 48.2. The Morgan fingerprint density at radius 2 is 1.72 bits per heavy atom. The molecule has 2 atom stereocenters. The average molecular weight is 705 g/mol. The van der Waals surface area contributed by atoms with Crippen LogP contribution >= 0.6 is 15.9 Å². The summed E-state index contributed by atoms with van der Waals surface area (Å²) in [6.07, 6.45) is 2.30. The lowest BCUT2D eigenvalue weighted by atomic mass is 9.79. The van der Waals surface area contributed by atoms with Gasteiger partial charge in [0.1, 0.15) is 17.9 Å². The third-order valence-corrected chi connectivity index (χ3v) is 9.54. The Labute approximate surface area is 279 Å². The summed E-state index contributed by atoms with van der Waals surface area (Å²) in [5, 5.41) is 11.5. The number of hydrogen-bond donors (Lipinski definition) is 2. The van der Waals surface area contributed by atoms with E-state index in [4.69, 9.17) is 10.5 Å². The van der Waals surface area contributed by atoms with Crippen LogP contribution in [0.15, 0.2) is 94.5 Å². The molecule has 3 aromatic carbocycles. The first kappa shape index (κ1) is 32.4. The Kier molecular flexibility index (Phi) is 9.42. The summed E-state index contributed by atoms with van der Waals surface area (Å²) in [6, 6.07) is 22.4. The van der Waals surface area contributed by atoms with E-state index >= 15 is 0 Å². The summed E-state index contributed by atoms with van der Waals surface area (Å²) >= 11 is 3.45. The quantitative estimate of drug-likeness (QED) is 0.282. The Morgan fingerprint density at radius 3 is 2.43 bits per heavy atom. The Morgan fingerprint density at radius 1 is 1.00 bits per heavy atom. The second-order valence-electron chi connectivity index (χ2n) is 12.2. The summed E-state index contributed by atoms with van der Waals surface area (Å²) < 4.78 is 20.9. The van der Waals surface area contributed by atoms with Crippen LogP contribution in [-0.2, 0) is 11.3 Å². The van der Waals surface area contributed by atoms with Gasteiger partial charge in [-0.25, -0.2) is 9.37 Å². The molecule has 2 aliphatic heterocycles. The number of carbonyl (C=O) groups excluding carboxylic acids is 2. The maximum atomic E-state index is 14.0. The highest BCUT2D eigenvalue weighted by Gasteiger charge is 2.41. The van der Waals surface area contributed by atoms with E-state index in [-0.39, 0.29) is 60.4 Å². The van der Waals surface area contributed by atoms with Gasteiger partial charge in [-0.1, -0.05) is 52.3 Å². The van der Waals surface area contributed by atoms with Crippen molar-refractivity contribution in [3.8, 4) is 11.6 Å². The van der Waals surface area contributed by atoms with E-state index in [0.29, 0.717) is 38.2 Å². The third kappa shape index (κ3) is 7.23. The molecule has 0 radical (unpaired) electrons. The van der Waals surface area contributed by atoms with Gasteiger partial charge in [-0.15, -0.1) is 0 Å². The highest BCUT2D eigenvalue weighted by molar-refractivity contribution is 9.10. The highest BCUT2D eigenvalue weighted by Crippen LogP contribution is 2.36. The van der Waals surface area contributed by atoms with Crippen LogP contribution < -0.4 is 16.0 Å². The molecule has 4 aromatic rings. The predicted molar refractivity (Wildman–Crippen MR) is 177 cm³/mol. The SMILES string of the molecule is Nc1c(Oc2ccc(F)cc2)ncn(CC2(O)CCN(C(=O)[C@@H]3CCN(C(=O)c4cccc(Br)c4)C[C@H]3c3ccccc3)CC2)c1=O. The number of amides is 2. The molecule has 3 N–H and O–H groups in total. The number of halogens is 2. The minimum atomic E-state index is -1.26. The van der Waals surface area contributed by atoms with Crippen LogP contribution in [0, 0.1) is 11.7 Å². The second-order valence-corrected chi connectivity index (χ2v) is 13.1. The molecule has 47 heavy (non-hydrogen) atoms. The third-order valence-electron chi connectivity index (χ3n) is 9.05. The number of aliphatic hydroxyl groups is 1. The van der Waals surface area contributed by atoms with Gasteiger partial charge in [-0.2, -0.15) is 0 Å². The summed E-state index contributed by atoms with van der Waals surface area (Å²) in [5.74, 6) is -0.840. The number of piperidine rings is 2. The van der Waals surface area contributed by atoms with Gasteiger partial charge in [-0.05, 0) is 67.3 Å². The van der Waals surface area contributed by atoms with Crippen LogP contribution in [0.5, 0.6) is 11.6 Å². The summed E-state index contributed by atoms with van der Waals surface area (Å²) in [6.45, 7) is 1.46. The summed E-state index contributed by atoms with van der Waals surface area (Å²) in [5.41, 5.74) is 5.56. The first-order valence-corrected chi connectivity index (χ1v) is 16.3. The van der Waals surface area contributed by atoms with Crippen molar-refractivity contribution in [2.75, 3.05) is 31.9 Å². The van der Waals surface area contributed by atoms with Crippen LogP contribution in [0.2, 0.25) is 0 Å². The van der Waals surface area contributed by atoms with E-state index in [0.717, 1.165) is 10.0 Å². The number of hydrogen-bond acceptors (Lipinski definition) is 7. The monoisotopic (exact) mass is 703 g/mol. The van der Waals surface area contributed by atoms with E-state index in [1.54, 1.807) is 17.0 Å². The molecule has 244 valence electrons. The lowest BCUT2D eigenvalue weighted by molar-refractivity contribution is -0.142. The zero-order valence-electron chi connectivity index (χ0n) is 25.6. The zero-order valence-corrected chi connectivity index (χ0v) is 27.2. The van der Waals surface area contributed by atoms with Gasteiger partial charge in [0.05, 0.1) is 12.1 Å². The number of rotatable bonds is 7. The Bertz CT molecular complexity index is 1810. The van der Waals surface area contributed by atoms with Gasteiger partial charge < -0.3 is 25.4 Å². The molecule has 2 fully saturated rings. The van der Waals surface area contributed by atoms with Gasteiger partial charge in [0.2, 0.25) is 11.8 Å². The van der Waals surface area contributed by atoms with Gasteiger partial charge in [0.25, 0.3) is 11.5 Å². The Balaban J connectivity index is 1.11. The molecule has 2 saturated heterocycles. The number of anilines is 1. The molecule has 0 saturated carbocycles. The maximum absolute atomic E-state index is 14.0. The van der Waals surface area contributed by atoms with Crippen LogP contribution in [0.3, 0.4) is 0 Å². The topological polar surface area (TPSA) is 131 Å².